The van der Waals surface area contributed by atoms with Crippen molar-refractivity contribution in [1.82, 2.24) is 0 Å². The van der Waals surface area contributed by atoms with Crippen molar-refractivity contribution in [2.45, 2.75) is 439 Å². The molecule has 0 radical (unpaired) electrons. The molecule has 17 nitrogen and oxygen atoms in total. The molecule has 0 aromatic carbocycles. The van der Waals surface area contributed by atoms with Crippen molar-refractivity contribution in [2.75, 3.05) is 39.6 Å². The molecule has 0 aromatic rings. The quantitative estimate of drug-likeness (QED) is 0.0222. The van der Waals surface area contributed by atoms with Gasteiger partial charge in [0.1, 0.15) is 19.3 Å². The molecule has 0 aromatic heterocycles. The summed E-state index contributed by atoms with van der Waals surface area (Å²) < 4.78 is 68.8. The summed E-state index contributed by atoms with van der Waals surface area (Å²) in [6.45, 7) is 12.0. The van der Waals surface area contributed by atoms with E-state index in [0.717, 1.165) is 108 Å². The fourth-order valence-corrected chi connectivity index (χ4v) is 14.0. The first kappa shape index (κ1) is 98.1. The lowest BCUT2D eigenvalue weighted by Crippen LogP contribution is -2.30. The predicted octanol–water partition coefficient (Wildman–Crippen LogP) is 24.1. The molecule has 7 atom stereocenters. The van der Waals surface area contributed by atoms with Crippen molar-refractivity contribution in [2.24, 2.45) is 17.8 Å². The van der Waals surface area contributed by atoms with Crippen LogP contribution in [0.25, 0.3) is 0 Å². The molecule has 0 bridgehead atoms. The second kappa shape index (κ2) is 71.3. The maximum absolute atomic E-state index is 13.1. The fraction of sp³-hybridized carbons (Fsp3) is 0.951. The topological polar surface area (TPSA) is 237 Å². The number of aliphatic hydroxyl groups is 1. The standard InChI is InChI=1S/C81H158O17P2/c1-8-11-12-13-14-15-16-17-18-21-24-27-33-41-48-55-62-78(83)91-68-76(97-80(85)64-57-50-43-34-28-25-22-19-20-23-26-31-38-45-52-59-72(4)5)70-95-99(87,88)93-66-75(82)67-94-100(89,90)96-71-77(69-92-79(84)63-56-49-42-37-36-40-47-54-61-74(7)10-3)98-81(86)65-58-51-44-35-30-29-32-39-46-53-60-73(6)9-2/h72-77,82H,8-71H2,1-7H3,(H,87,88)(H,89,90)/t73?,74?,75-,76-,77-/m1/s1. The van der Waals surface area contributed by atoms with Crippen molar-refractivity contribution >= 4 is 39.5 Å². The smallest absolute Gasteiger partial charge is 0.462 e. The van der Waals surface area contributed by atoms with Gasteiger partial charge in [0.2, 0.25) is 0 Å². The van der Waals surface area contributed by atoms with E-state index in [1.807, 2.05) is 0 Å². The molecular weight excluding hydrogens is 1310 g/mol. The number of phosphoric acid groups is 2. The molecule has 0 aliphatic carbocycles. The van der Waals surface area contributed by atoms with Crippen molar-refractivity contribution < 1.29 is 80.2 Å². The molecule has 100 heavy (non-hydrogen) atoms. The lowest BCUT2D eigenvalue weighted by atomic mass is 9.99. The molecular formula is C81H158O17P2. The highest BCUT2D eigenvalue weighted by atomic mass is 31.2. The van der Waals surface area contributed by atoms with E-state index in [1.165, 1.54) is 231 Å². The molecule has 0 aliphatic heterocycles. The van der Waals surface area contributed by atoms with Gasteiger partial charge < -0.3 is 33.8 Å². The van der Waals surface area contributed by atoms with Crippen LogP contribution in [0.5, 0.6) is 0 Å². The lowest BCUT2D eigenvalue weighted by Gasteiger charge is -2.21. The van der Waals surface area contributed by atoms with E-state index in [9.17, 15) is 43.2 Å². The van der Waals surface area contributed by atoms with Crippen LogP contribution in [-0.2, 0) is 65.4 Å². The number of hydrogen-bond acceptors (Lipinski definition) is 15. The first-order valence-corrected chi connectivity index (χ1v) is 44.9. The number of rotatable bonds is 79. The third-order valence-electron chi connectivity index (χ3n) is 19.6. The minimum atomic E-state index is -4.96. The number of esters is 4. The highest BCUT2D eigenvalue weighted by Gasteiger charge is 2.30. The van der Waals surface area contributed by atoms with Crippen LogP contribution in [0, 0.1) is 17.8 Å². The molecule has 0 amide bonds. The van der Waals surface area contributed by atoms with Crippen LogP contribution >= 0.6 is 15.6 Å². The fourth-order valence-electron chi connectivity index (χ4n) is 12.4. The summed E-state index contributed by atoms with van der Waals surface area (Å²) in [5.74, 6) is 0.273. The number of unbranched alkanes of at least 4 members (excludes halogenated alkanes) is 45. The molecule has 0 aliphatic rings. The van der Waals surface area contributed by atoms with E-state index in [0.29, 0.717) is 25.7 Å². The zero-order chi connectivity index (χ0) is 73.7. The summed E-state index contributed by atoms with van der Waals surface area (Å²) >= 11 is 0. The molecule has 19 heteroatoms. The summed E-state index contributed by atoms with van der Waals surface area (Å²) in [7, 11) is -9.92. The third-order valence-corrected chi connectivity index (χ3v) is 21.5. The summed E-state index contributed by atoms with van der Waals surface area (Å²) in [4.78, 5) is 73.1. The lowest BCUT2D eigenvalue weighted by molar-refractivity contribution is -0.161. The van der Waals surface area contributed by atoms with Gasteiger partial charge in [0.05, 0.1) is 26.4 Å². The highest BCUT2D eigenvalue weighted by molar-refractivity contribution is 7.47. The van der Waals surface area contributed by atoms with Gasteiger partial charge in [-0.2, -0.15) is 0 Å². The summed E-state index contributed by atoms with van der Waals surface area (Å²) in [5.41, 5.74) is 0. The van der Waals surface area contributed by atoms with E-state index in [2.05, 4.69) is 48.5 Å². The third kappa shape index (κ3) is 71.7. The Morgan fingerprint density at radius 2 is 0.510 bits per heavy atom. The number of aliphatic hydroxyl groups excluding tert-OH is 1. The Labute approximate surface area is 613 Å². The van der Waals surface area contributed by atoms with E-state index in [1.54, 1.807) is 0 Å². The molecule has 4 unspecified atom stereocenters. The van der Waals surface area contributed by atoms with Crippen LogP contribution in [0.4, 0.5) is 0 Å². The van der Waals surface area contributed by atoms with Gasteiger partial charge in [-0.1, -0.05) is 370 Å². The van der Waals surface area contributed by atoms with Crippen LogP contribution < -0.4 is 0 Å². The molecule has 594 valence electrons. The molecule has 0 fully saturated rings. The number of carbonyl (C=O) groups excluding carboxylic acids is 4. The van der Waals surface area contributed by atoms with Gasteiger partial charge in [-0.3, -0.25) is 37.3 Å². The average Bonchev–Trinajstić information content (AvgIpc) is 0.912. The van der Waals surface area contributed by atoms with Gasteiger partial charge in [-0.25, -0.2) is 9.13 Å². The van der Waals surface area contributed by atoms with Gasteiger partial charge in [0.25, 0.3) is 0 Å². The van der Waals surface area contributed by atoms with Crippen molar-refractivity contribution in [3.05, 3.63) is 0 Å². The zero-order valence-electron chi connectivity index (χ0n) is 65.7. The SMILES string of the molecule is CCCCCCCCCCCCCCCCCCC(=O)OC[C@H](COP(=O)(O)OC[C@@H](O)COP(=O)(O)OC[C@@H](COC(=O)CCCCCCCCCCC(C)CC)OC(=O)CCCCCCCCCCCCC(C)CC)OC(=O)CCCCCCCCCCCCCCCCCC(C)C. The minimum Gasteiger partial charge on any atom is -0.462 e. The van der Waals surface area contributed by atoms with Crippen molar-refractivity contribution in [3.63, 3.8) is 0 Å². The van der Waals surface area contributed by atoms with Gasteiger partial charge in [-0.15, -0.1) is 0 Å². The number of phosphoric ester groups is 2. The second-order valence-corrected chi connectivity index (χ2v) is 33.0. The monoisotopic (exact) mass is 1470 g/mol. The van der Waals surface area contributed by atoms with Crippen molar-refractivity contribution in [3.8, 4) is 0 Å². The number of ether oxygens (including phenoxy) is 4. The van der Waals surface area contributed by atoms with Gasteiger partial charge in [0.15, 0.2) is 12.2 Å². The largest absolute Gasteiger partial charge is 0.472 e. The Morgan fingerprint density at radius 1 is 0.290 bits per heavy atom. The van der Waals surface area contributed by atoms with Crippen LogP contribution in [0.1, 0.15) is 421 Å². The number of hydrogen-bond donors (Lipinski definition) is 3. The first-order chi connectivity index (χ1) is 48.3. The maximum atomic E-state index is 13.1. The average molecular weight is 1470 g/mol. The molecule has 0 rings (SSSR count). The molecule has 0 spiro atoms. The maximum Gasteiger partial charge on any atom is 0.472 e. The Morgan fingerprint density at radius 3 is 0.760 bits per heavy atom. The van der Waals surface area contributed by atoms with Crippen LogP contribution in [0.2, 0.25) is 0 Å². The Kier molecular flexibility index (Phi) is 69.9. The number of carbonyl (C=O) groups is 4. The molecule has 3 N–H and O–H groups in total. The van der Waals surface area contributed by atoms with E-state index in [4.69, 9.17) is 37.0 Å². The van der Waals surface area contributed by atoms with Crippen LogP contribution in [0.15, 0.2) is 0 Å². The summed E-state index contributed by atoms with van der Waals surface area (Å²) in [6.07, 6.45) is 59.4. The molecule has 0 saturated heterocycles. The van der Waals surface area contributed by atoms with E-state index in [-0.39, 0.29) is 25.7 Å². The predicted molar refractivity (Wildman–Crippen MR) is 409 cm³/mol. The molecule has 0 saturated carbocycles. The van der Waals surface area contributed by atoms with Gasteiger partial charge in [-0.05, 0) is 43.4 Å². The minimum absolute atomic E-state index is 0.106. The Balaban J connectivity index is 5.27. The van der Waals surface area contributed by atoms with Crippen LogP contribution in [-0.4, -0.2) is 96.7 Å². The van der Waals surface area contributed by atoms with Crippen LogP contribution in [0.3, 0.4) is 0 Å². The zero-order valence-corrected chi connectivity index (χ0v) is 67.5. The highest BCUT2D eigenvalue weighted by Crippen LogP contribution is 2.45. The van der Waals surface area contributed by atoms with E-state index < -0.39 is 97.5 Å². The van der Waals surface area contributed by atoms with Crippen molar-refractivity contribution in [1.29, 1.82) is 0 Å². The Hall–Kier alpha value is -1.94. The summed E-state index contributed by atoms with van der Waals surface area (Å²) in [6, 6.07) is 0. The second-order valence-electron chi connectivity index (χ2n) is 30.1. The molecule has 0 heterocycles. The Bertz CT molecular complexity index is 1940. The van der Waals surface area contributed by atoms with Gasteiger partial charge >= 0.3 is 39.5 Å². The summed E-state index contributed by atoms with van der Waals surface area (Å²) in [5, 5.41) is 10.6. The van der Waals surface area contributed by atoms with E-state index >= 15 is 0 Å². The first-order valence-electron chi connectivity index (χ1n) is 41.9. The van der Waals surface area contributed by atoms with Gasteiger partial charge in [0, 0.05) is 25.7 Å². The normalized spacial score (nSPS) is 14.5.